The molecule has 0 unspecified atom stereocenters. The molecule has 1 aromatic heterocycles. The first-order chi connectivity index (χ1) is 18.1. The Bertz CT molecular complexity index is 1190. The van der Waals surface area contributed by atoms with Gasteiger partial charge in [-0.2, -0.15) is 18.4 Å². The lowest BCUT2D eigenvalue weighted by molar-refractivity contribution is -0.388. The Kier molecular flexibility index (Phi) is 8.63. The van der Waals surface area contributed by atoms with Gasteiger partial charge in [0, 0.05) is 50.2 Å². The molecule has 2 aromatic rings. The minimum absolute atomic E-state index is 0.0118. The Morgan fingerprint density at radius 3 is 2.47 bits per heavy atom. The summed E-state index contributed by atoms with van der Waals surface area (Å²) in [6.45, 7) is 3.35. The number of aromatic nitrogens is 1. The number of nitrogens with one attached hydrogen (secondary N) is 1. The first-order valence-electron chi connectivity index (χ1n) is 12.3. The summed E-state index contributed by atoms with van der Waals surface area (Å²) in [5, 5.41) is 23.0. The highest BCUT2D eigenvalue weighted by atomic mass is 32.1. The van der Waals surface area contributed by atoms with Crippen molar-refractivity contribution in [1.29, 1.82) is 5.26 Å². The van der Waals surface area contributed by atoms with Crippen molar-refractivity contribution in [3.05, 3.63) is 57.8 Å². The minimum Gasteiger partial charge on any atom is -0.382 e. The van der Waals surface area contributed by atoms with E-state index in [1.54, 1.807) is 12.3 Å². The van der Waals surface area contributed by atoms with E-state index in [0.717, 1.165) is 62.0 Å². The van der Waals surface area contributed by atoms with E-state index in [1.807, 2.05) is 6.07 Å². The molecule has 38 heavy (non-hydrogen) atoms. The van der Waals surface area contributed by atoms with Crippen molar-refractivity contribution in [2.45, 2.75) is 44.0 Å². The van der Waals surface area contributed by atoms with Crippen LogP contribution in [0, 0.1) is 21.4 Å². The second-order valence-electron chi connectivity index (χ2n) is 9.30. The van der Waals surface area contributed by atoms with Crippen LogP contribution in [0.3, 0.4) is 0 Å². The molecule has 0 amide bonds. The number of alkyl halides is 3. The molecule has 0 radical (unpaired) electrons. The highest BCUT2D eigenvalue weighted by Crippen LogP contribution is 2.38. The highest BCUT2D eigenvalue weighted by molar-refractivity contribution is 7.80. The average Bonchev–Trinajstić information content (AvgIpc) is 2.92. The quantitative estimate of drug-likeness (QED) is 0.297. The molecule has 1 aromatic carbocycles. The van der Waals surface area contributed by atoms with Gasteiger partial charge >= 0.3 is 6.18 Å². The van der Waals surface area contributed by atoms with Gasteiger partial charge in [-0.15, -0.1) is 0 Å². The maximum atomic E-state index is 13.2. The number of pyridine rings is 1. The molecule has 0 atom stereocenters. The predicted molar refractivity (Wildman–Crippen MR) is 139 cm³/mol. The van der Waals surface area contributed by atoms with Gasteiger partial charge < -0.3 is 19.9 Å². The fourth-order valence-electron chi connectivity index (χ4n) is 4.73. The molecule has 1 saturated heterocycles. The van der Waals surface area contributed by atoms with Crippen molar-refractivity contribution in [1.82, 2.24) is 9.88 Å². The average molecular weight is 549 g/mol. The second-order valence-corrected chi connectivity index (χ2v) is 9.77. The number of rotatable bonds is 7. The van der Waals surface area contributed by atoms with E-state index in [2.05, 4.69) is 26.2 Å². The third-order valence-electron chi connectivity index (χ3n) is 6.82. The number of hydrogen-bond donors (Lipinski definition) is 1. The standard InChI is InChI=1S/C25H27F3N6O3S/c26-25(27,28)21-13-19(4-7-22(21)34(35)36)31-18-2-5-20(6-3-18)37-16-24(38)33-11-9-32(10-12-33)23-8-1-17(14-29)15-30-23/h1,4,7-8,13,15,18,20,31H,2-3,5-6,9-12,16H2/t18-,20-. The Morgan fingerprint density at radius 1 is 1.18 bits per heavy atom. The van der Waals surface area contributed by atoms with Crippen LogP contribution < -0.4 is 10.2 Å². The summed E-state index contributed by atoms with van der Waals surface area (Å²) in [6.07, 6.45) is -0.363. The number of piperazine rings is 1. The first kappa shape index (κ1) is 27.5. The van der Waals surface area contributed by atoms with E-state index in [4.69, 9.17) is 22.2 Å². The second kappa shape index (κ2) is 11.9. The third-order valence-corrected chi connectivity index (χ3v) is 7.20. The lowest BCUT2D eigenvalue weighted by Crippen LogP contribution is -2.49. The van der Waals surface area contributed by atoms with Crippen LogP contribution in [0.4, 0.5) is 30.4 Å². The van der Waals surface area contributed by atoms with Gasteiger partial charge in [0.1, 0.15) is 22.4 Å². The highest BCUT2D eigenvalue weighted by Gasteiger charge is 2.38. The summed E-state index contributed by atoms with van der Waals surface area (Å²) >= 11 is 5.59. The summed E-state index contributed by atoms with van der Waals surface area (Å²) in [5.74, 6) is 0.833. The fraction of sp³-hybridized carbons (Fsp3) is 0.480. The minimum atomic E-state index is -4.81. The van der Waals surface area contributed by atoms with Gasteiger partial charge in [-0.05, 0) is 49.9 Å². The van der Waals surface area contributed by atoms with Gasteiger partial charge in [0.15, 0.2) is 0 Å². The molecule has 13 heteroatoms. The molecule has 202 valence electrons. The maximum Gasteiger partial charge on any atom is 0.423 e. The van der Waals surface area contributed by atoms with E-state index in [9.17, 15) is 23.3 Å². The van der Waals surface area contributed by atoms with Gasteiger partial charge in [-0.3, -0.25) is 10.1 Å². The van der Waals surface area contributed by atoms with E-state index in [0.29, 0.717) is 25.0 Å². The number of nitro benzene ring substituents is 1. The van der Waals surface area contributed by atoms with Crippen molar-refractivity contribution < 1.29 is 22.8 Å². The fourth-order valence-corrected chi connectivity index (χ4v) is 4.98. The molecular formula is C25H27F3N6O3S. The molecule has 1 saturated carbocycles. The Labute approximate surface area is 223 Å². The summed E-state index contributed by atoms with van der Waals surface area (Å²) in [6, 6.07) is 8.62. The van der Waals surface area contributed by atoms with Gasteiger partial charge in [-0.1, -0.05) is 12.2 Å². The van der Waals surface area contributed by atoms with Crippen LogP contribution in [0.1, 0.15) is 36.8 Å². The van der Waals surface area contributed by atoms with Crippen LogP contribution in [-0.4, -0.2) is 64.7 Å². The molecule has 1 aliphatic carbocycles. The molecular weight excluding hydrogens is 521 g/mol. The molecule has 0 bridgehead atoms. The topological polar surface area (TPSA) is 108 Å². The van der Waals surface area contributed by atoms with Crippen LogP contribution in [0.15, 0.2) is 36.5 Å². The lowest BCUT2D eigenvalue weighted by atomic mass is 9.92. The SMILES string of the molecule is N#Cc1ccc(N2CCN(C(=S)CO[C@H]3CC[C@H](Nc4ccc([N+](=O)[O-])c(C(F)(F)F)c4)CC3)CC2)nc1. The number of anilines is 2. The van der Waals surface area contributed by atoms with Crippen molar-refractivity contribution in [3.63, 3.8) is 0 Å². The van der Waals surface area contributed by atoms with Crippen LogP contribution in [0.25, 0.3) is 0 Å². The summed E-state index contributed by atoms with van der Waals surface area (Å²) < 4.78 is 45.8. The first-order valence-corrected chi connectivity index (χ1v) is 12.7. The van der Waals surface area contributed by atoms with Crippen LogP contribution in [-0.2, 0) is 10.9 Å². The number of halogens is 3. The van der Waals surface area contributed by atoms with Crippen LogP contribution in [0.2, 0.25) is 0 Å². The normalized spacial score (nSPS) is 20.1. The Hall–Kier alpha value is -3.50. The van der Waals surface area contributed by atoms with Crippen molar-refractivity contribution in [2.24, 2.45) is 0 Å². The monoisotopic (exact) mass is 548 g/mol. The molecule has 1 aliphatic heterocycles. The molecule has 9 nitrogen and oxygen atoms in total. The van der Waals surface area contributed by atoms with Gasteiger partial charge in [0.05, 0.1) is 23.2 Å². The van der Waals surface area contributed by atoms with Crippen LogP contribution in [0.5, 0.6) is 0 Å². The largest absolute Gasteiger partial charge is 0.423 e. The molecule has 4 rings (SSSR count). The third kappa shape index (κ3) is 6.87. The van der Waals surface area contributed by atoms with Gasteiger partial charge in [0.2, 0.25) is 0 Å². The molecule has 2 aliphatic rings. The van der Waals surface area contributed by atoms with Crippen LogP contribution >= 0.6 is 12.2 Å². The number of nitrogens with zero attached hydrogens (tertiary/aromatic N) is 5. The number of benzene rings is 1. The number of nitro groups is 1. The predicted octanol–water partition coefficient (Wildman–Crippen LogP) is 4.77. The van der Waals surface area contributed by atoms with E-state index in [1.165, 1.54) is 6.07 Å². The molecule has 2 heterocycles. The van der Waals surface area contributed by atoms with Crippen molar-refractivity contribution in [3.8, 4) is 6.07 Å². The molecule has 2 fully saturated rings. The smallest absolute Gasteiger partial charge is 0.382 e. The maximum absolute atomic E-state index is 13.2. The van der Waals surface area contributed by atoms with Crippen molar-refractivity contribution in [2.75, 3.05) is 43.0 Å². The zero-order chi connectivity index (χ0) is 27.3. The number of thiocarbonyl (C=S) groups is 1. The summed E-state index contributed by atoms with van der Waals surface area (Å²) in [5.41, 5.74) is -1.48. The van der Waals surface area contributed by atoms with E-state index >= 15 is 0 Å². The molecule has 1 N–H and O–H groups in total. The van der Waals surface area contributed by atoms with Gasteiger partial charge in [0.25, 0.3) is 5.69 Å². The van der Waals surface area contributed by atoms with E-state index < -0.39 is 22.4 Å². The number of ether oxygens (including phenoxy) is 1. The number of nitriles is 1. The summed E-state index contributed by atoms with van der Waals surface area (Å²) in [7, 11) is 0. The number of hydrogen-bond acceptors (Lipinski definition) is 8. The Balaban J connectivity index is 1.20. The van der Waals surface area contributed by atoms with Gasteiger partial charge in [-0.25, -0.2) is 4.98 Å². The van der Waals surface area contributed by atoms with Crippen molar-refractivity contribution >= 4 is 34.4 Å². The zero-order valence-corrected chi connectivity index (χ0v) is 21.3. The summed E-state index contributed by atoms with van der Waals surface area (Å²) in [4.78, 5) is 19.3. The lowest BCUT2D eigenvalue weighted by Gasteiger charge is -2.37. The zero-order valence-electron chi connectivity index (χ0n) is 20.5. The Morgan fingerprint density at radius 2 is 1.89 bits per heavy atom. The molecule has 0 spiro atoms. The van der Waals surface area contributed by atoms with E-state index in [-0.39, 0.29) is 17.8 Å².